The number of nitrogens with two attached hydrogens (primary N) is 2. The third kappa shape index (κ3) is 79.9. The van der Waals surface area contributed by atoms with E-state index >= 15 is 0 Å². The predicted molar refractivity (Wildman–Crippen MR) is 499 cm³/mol. The first kappa shape index (κ1) is 142. The van der Waals surface area contributed by atoms with Gasteiger partial charge in [-0.05, 0) is 196 Å². The van der Waals surface area contributed by atoms with Crippen LogP contribution in [0.4, 0.5) is 0 Å². The van der Waals surface area contributed by atoms with Crippen LogP contribution in [0, 0.1) is 66.0 Å². The molecule has 0 aliphatic carbocycles. The molecule has 0 aliphatic rings. The number of hydrogen-bond acceptors (Lipinski definition) is 34. The number of aliphatic hydroxyl groups excluding tert-OH is 5. The van der Waals surface area contributed by atoms with Crippen molar-refractivity contribution in [2.75, 3.05) is 106 Å². The summed E-state index contributed by atoms with van der Waals surface area (Å²) in [5.41, 5.74) is 5.80. The lowest BCUT2D eigenvalue weighted by Crippen LogP contribution is -2.31. The van der Waals surface area contributed by atoms with Gasteiger partial charge < -0.3 is 104 Å². The summed E-state index contributed by atoms with van der Waals surface area (Å²) in [4.78, 5) is 157. The molecule has 36 nitrogen and oxygen atoms in total. The molecule has 0 aromatic carbocycles. The Kier molecular flexibility index (Phi) is 83.4. The van der Waals surface area contributed by atoms with E-state index in [-0.39, 0.29) is 136 Å². The van der Waals surface area contributed by atoms with Crippen molar-refractivity contribution < 1.29 is 155 Å². The number of carboxylic acids is 1. The van der Waals surface area contributed by atoms with Crippen LogP contribution in [0.3, 0.4) is 0 Å². The number of aliphatic hydroxyl groups is 5. The lowest BCUT2D eigenvalue weighted by Gasteiger charge is -2.21. The van der Waals surface area contributed by atoms with Crippen molar-refractivity contribution in [1.82, 2.24) is 4.90 Å². The van der Waals surface area contributed by atoms with Gasteiger partial charge in [0, 0.05) is 54.8 Å². The average Bonchev–Trinajstić information content (AvgIpc) is 0.898. The van der Waals surface area contributed by atoms with Crippen LogP contribution in [-0.4, -0.2) is 256 Å². The summed E-state index contributed by atoms with van der Waals surface area (Å²) in [5.74, 6) is -5.97. The highest BCUT2D eigenvalue weighted by Crippen LogP contribution is 2.27. The monoisotopic (exact) mass is 1880 g/mol. The van der Waals surface area contributed by atoms with Gasteiger partial charge in [0.25, 0.3) is 0 Å². The minimum atomic E-state index is -1.02. The number of hydrogen-bond donors (Lipinski definition) is 8. The zero-order chi connectivity index (χ0) is 105. The molecule has 764 valence electrons. The molecular formula is C95H172N4O32. The second kappa shape index (κ2) is 77.0. The molecular weight excluding hydrogens is 1710 g/mol. The van der Waals surface area contributed by atoms with Crippen molar-refractivity contribution in [2.24, 2.45) is 66.1 Å². The van der Waals surface area contributed by atoms with Crippen LogP contribution >= 0.6 is 0 Å². The second-order valence-corrected chi connectivity index (χ2v) is 35.5. The highest BCUT2D eigenvalue weighted by molar-refractivity contribution is 5.84. The molecule has 0 saturated heterocycles. The van der Waals surface area contributed by atoms with Crippen LogP contribution in [0.1, 0.15) is 265 Å². The fourth-order valence-electron chi connectivity index (χ4n) is 5.55. The molecule has 0 saturated carbocycles. The standard InChI is InChI=1S/5C12H20O5.C10H21NO2.C8H17NO2.C6H13NO.C6H12O2.C5H9N/c5*1-5-10(14)16-7-9(13)8-17-11(15)12(3,4)6-2;1-6-10(2,3)9(12)13-8-7-11(4)5;1-4-8(2,3)7(10)11-6-5-9;2*1-4-6(2,3)5(7)8;1-3-5(2)4-6/h5*5,9,13H,1,6-8H2,2-4H3;6-8H2,1-5H3;4-6,9H2,1-3H3;4H2,1-3H3,(H2,7,8);4H2,1-3H3,(H,7,8);5H,3H2,1-2H3. The molecule has 0 fully saturated rings. The van der Waals surface area contributed by atoms with Crippen LogP contribution in [0.5, 0.6) is 0 Å². The summed E-state index contributed by atoms with van der Waals surface area (Å²) in [7, 11) is 3.91. The number of nitrogens with zero attached hydrogens (tertiary/aromatic N) is 2. The number of aliphatic carboxylic acids is 1. The number of ether oxygens (including phenoxy) is 12. The average molecular weight is 1880 g/mol. The molecule has 131 heavy (non-hydrogen) atoms. The van der Waals surface area contributed by atoms with E-state index in [1.54, 1.807) is 83.1 Å². The summed E-state index contributed by atoms with van der Waals surface area (Å²) in [5, 5.41) is 63.5. The summed E-state index contributed by atoms with van der Waals surface area (Å²) in [6.07, 6.45) is 7.20. The minimum Gasteiger partial charge on any atom is -0.481 e. The van der Waals surface area contributed by atoms with Gasteiger partial charge in [-0.2, -0.15) is 5.26 Å². The molecule has 0 spiro atoms. The fraction of sp³-hybridized carbons (Fsp3) is 0.737. The van der Waals surface area contributed by atoms with E-state index < -0.39 is 98.8 Å². The molecule has 36 heteroatoms. The quantitative estimate of drug-likeness (QED) is 0.0159. The number of likely N-dealkylation sites (N-methyl/N-ethyl adjacent to an activating group) is 1. The van der Waals surface area contributed by atoms with Crippen LogP contribution in [0.15, 0.2) is 63.3 Å². The van der Waals surface area contributed by atoms with Crippen molar-refractivity contribution in [3.63, 3.8) is 0 Å². The number of carboxylic acid groups (broad SMARTS) is 1. The normalized spacial score (nSPS) is 12.3. The number of esters is 12. The molecule has 0 radical (unpaired) electrons. The SMILES string of the molecule is C=CC(=O)OCC(O)COC(=O)C(C)(C)CC.C=CC(=O)OCC(O)COC(=O)C(C)(C)CC.C=CC(=O)OCC(O)COC(=O)C(C)(C)CC.C=CC(=O)OCC(O)COC(=O)C(C)(C)CC.C=CC(=O)OCC(O)COC(=O)C(C)(C)CC.CCC(C)(C)C(=O)O.CCC(C)(C)C(=O)OCCN.CCC(C)(C)C(=O)OCCN(C)C.CCC(C)(C)C(N)=O.CCC(C)C#N. The number of nitriles is 1. The molecule has 0 aromatic heterocycles. The van der Waals surface area contributed by atoms with Gasteiger partial charge in [0.05, 0.1) is 49.4 Å². The zero-order valence-corrected chi connectivity index (χ0v) is 85.2. The van der Waals surface area contributed by atoms with E-state index in [1.807, 2.05) is 137 Å². The van der Waals surface area contributed by atoms with Crippen LogP contribution < -0.4 is 11.5 Å². The summed E-state index contributed by atoms with van der Waals surface area (Å²) >= 11 is 0. The summed E-state index contributed by atoms with van der Waals surface area (Å²) in [6, 6.07) is 2.11. The van der Waals surface area contributed by atoms with Crippen molar-refractivity contribution in [2.45, 2.75) is 296 Å². The molecule has 0 aliphatic heterocycles. The maximum atomic E-state index is 11.5. The maximum absolute atomic E-state index is 11.5. The topological polar surface area (TPSA) is 550 Å². The first-order valence-electron chi connectivity index (χ1n) is 43.8. The van der Waals surface area contributed by atoms with E-state index in [0.717, 1.165) is 62.6 Å². The molecule has 10 N–H and O–H groups in total. The molecule has 6 unspecified atom stereocenters. The van der Waals surface area contributed by atoms with Crippen molar-refractivity contribution >= 4 is 83.5 Å². The molecule has 0 rings (SSSR count). The number of amides is 1. The Labute approximate surface area is 782 Å². The Balaban J connectivity index is -0.000000157. The Morgan fingerprint density at radius 3 is 0.595 bits per heavy atom. The number of carbonyl (C=O) groups excluding carboxylic acids is 13. The van der Waals surface area contributed by atoms with Gasteiger partial charge in [-0.25, -0.2) is 24.0 Å². The maximum Gasteiger partial charge on any atom is 0.330 e. The highest BCUT2D eigenvalue weighted by atomic mass is 16.6. The molecule has 1 amide bonds. The van der Waals surface area contributed by atoms with Gasteiger partial charge in [0.2, 0.25) is 5.91 Å². The zero-order valence-electron chi connectivity index (χ0n) is 85.2. The Hall–Kier alpha value is -9.51. The van der Waals surface area contributed by atoms with E-state index in [2.05, 4.69) is 62.6 Å². The van der Waals surface area contributed by atoms with Gasteiger partial charge in [-0.1, -0.05) is 116 Å². The van der Waals surface area contributed by atoms with Crippen LogP contribution in [0.25, 0.3) is 0 Å². The Morgan fingerprint density at radius 1 is 0.321 bits per heavy atom. The van der Waals surface area contributed by atoms with Crippen LogP contribution in [0.2, 0.25) is 0 Å². The summed E-state index contributed by atoms with van der Waals surface area (Å²) < 4.78 is 57.6. The largest absolute Gasteiger partial charge is 0.481 e. The second-order valence-electron chi connectivity index (χ2n) is 35.5. The smallest absolute Gasteiger partial charge is 0.330 e. The van der Waals surface area contributed by atoms with E-state index in [9.17, 15) is 92.7 Å². The third-order valence-corrected chi connectivity index (χ3v) is 20.0. The van der Waals surface area contributed by atoms with Gasteiger partial charge in [-0.3, -0.25) is 43.2 Å². The van der Waals surface area contributed by atoms with Gasteiger partial charge in [0.15, 0.2) is 0 Å². The summed E-state index contributed by atoms with van der Waals surface area (Å²) in [6.45, 7) is 69.4. The fourth-order valence-corrected chi connectivity index (χ4v) is 5.55. The van der Waals surface area contributed by atoms with Gasteiger partial charge in [0.1, 0.15) is 110 Å². The Morgan fingerprint density at radius 2 is 0.489 bits per heavy atom. The van der Waals surface area contributed by atoms with Gasteiger partial charge in [-0.15, -0.1) is 0 Å². The highest BCUT2D eigenvalue weighted by Gasteiger charge is 2.34. The molecule has 0 heterocycles. The minimum absolute atomic E-state index is 0.100. The predicted octanol–water partition coefficient (Wildman–Crippen LogP) is 11.7. The first-order valence-corrected chi connectivity index (χ1v) is 43.8. The third-order valence-electron chi connectivity index (χ3n) is 20.0. The number of rotatable bonds is 49. The van der Waals surface area contributed by atoms with Crippen molar-refractivity contribution in [1.29, 1.82) is 5.26 Å². The van der Waals surface area contributed by atoms with Crippen molar-refractivity contribution in [3.05, 3.63) is 63.3 Å². The lowest BCUT2D eigenvalue weighted by atomic mass is 9.90. The van der Waals surface area contributed by atoms with Crippen molar-refractivity contribution in [3.8, 4) is 6.07 Å². The molecule has 6 atom stereocenters. The van der Waals surface area contributed by atoms with Crippen LogP contribution in [-0.2, 0) is 124 Å². The van der Waals surface area contributed by atoms with E-state index in [4.69, 9.17) is 55.0 Å². The number of carbonyl (C=O) groups is 14. The molecule has 0 aromatic rings. The Bertz CT molecular complexity index is 3000. The molecule has 0 bridgehead atoms. The number of primary amides is 1. The van der Waals surface area contributed by atoms with E-state index in [1.165, 1.54) is 0 Å². The first-order chi connectivity index (χ1) is 59.9. The lowest BCUT2D eigenvalue weighted by molar-refractivity contribution is -0.160. The van der Waals surface area contributed by atoms with E-state index in [0.29, 0.717) is 58.3 Å². The van der Waals surface area contributed by atoms with Gasteiger partial charge >= 0.3 is 77.6 Å².